The van der Waals surface area contributed by atoms with Gasteiger partial charge in [-0.3, -0.25) is 4.79 Å². The molecular weight excluding hydrogens is 304 g/mol. The molecule has 6 nitrogen and oxygen atoms in total. The standard InChI is InChI=1S/C15H22N2O4S/c1-13-3-2-4-14(11-13)12-15(18)16-5-10-22(19,20)17-6-8-21-9-7-17/h2-4,11H,5-10,12H2,1H3,(H,16,18). The maximum atomic E-state index is 12.1. The molecule has 0 atom stereocenters. The molecule has 22 heavy (non-hydrogen) atoms. The molecule has 122 valence electrons. The van der Waals surface area contributed by atoms with Gasteiger partial charge in [-0.2, -0.15) is 4.31 Å². The maximum absolute atomic E-state index is 12.1. The highest BCUT2D eigenvalue weighted by atomic mass is 32.2. The molecule has 1 aliphatic rings. The van der Waals surface area contributed by atoms with Crippen LogP contribution in [0.2, 0.25) is 0 Å². The summed E-state index contributed by atoms with van der Waals surface area (Å²) in [6, 6.07) is 7.71. The predicted octanol–water partition coefficient (Wildman–Crippen LogP) is 0.316. The highest BCUT2D eigenvalue weighted by molar-refractivity contribution is 7.89. The van der Waals surface area contributed by atoms with Crippen LogP contribution in [0.3, 0.4) is 0 Å². The lowest BCUT2D eigenvalue weighted by Crippen LogP contribution is -2.43. The van der Waals surface area contributed by atoms with Crippen LogP contribution in [0.25, 0.3) is 0 Å². The normalized spacial score (nSPS) is 16.4. The van der Waals surface area contributed by atoms with Gasteiger partial charge in [-0.15, -0.1) is 0 Å². The Morgan fingerprint density at radius 2 is 2.05 bits per heavy atom. The molecule has 1 heterocycles. The van der Waals surface area contributed by atoms with E-state index in [-0.39, 0.29) is 24.6 Å². The minimum absolute atomic E-state index is 0.0768. The van der Waals surface area contributed by atoms with E-state index >= 15 is 0 Å². The Bertz CT molecular complexity index is 610. The summed E-state index contributed by atoms with van der Waals surface area (Å²) in [7, 11) is -3.32. The molecular formula is C15H22N2O4S. The third-order valence-corrected chi connectivity index (χ3v) is 5.36. The van der Waals surface area contributed by atoms with E-state index in [4.69, 9.17) is 4.74 Å². The molecule has 1 fully saturated rings. The number of sulfonamides is 1. The average Bonchev–Trinajstić information content (AvgIpc) is 2.48. The highest BCUT2D eigenvalue weighted by Crippen LogP contribution is 2.06. The minimum atomic E-state index is -3.32. The molecule has 1 amide bonds. The van der Waals surface area contributed by atoms with Gasteiger partial charge in [-0.25, -0.2) is 8.42 Å². The largest absolute Gasteiger partial charge is 0.379 e. The number of hydrogen-bond donors (Lipinski definition) is 1. The Morgan fingerprint density at radius 3 is 2.73 bits per heavy atom. The van der Waals surface area contributed by atoms with Crippen LogP contribution in [-0.4, -0.2) is 57.2 Å². The summed E-state index contributed by atoms with van der Waals surface area (Å²) in [6.45, 7) is 3.73. The van der Waals surface area contributed by atoms with Crippen LogP contribution in [0.15, 0.2) is 24.3 Å². The Labute approximate surface area is 131 Å². The van der Waals surface area contributed by atoms with Crippen LogP contribution in [0.1, 0.15) is 11.1 Å². The van der Waals surface area contributed by atoms with Crippen LogP contribution in [0.4, 0.5) is 0 Å². The van der Waals surface area contributed by atoms with Crippen LogP contribution in [-0.2, 0) is 26.0 Å². The molecule has 1 aromatic rings. The summed E-state index contributed by atoms with van der Waals surface area (Å²) >= 11 is 0. The topological polar surface area (TPSA) is 75.7 Å². The lowest BCUT2D eigenvalue weighted by molar-refractivity contribution is -0.120. The van der Waals surface area contributed by atoms with Gasteiger partial charge in [-0.05, 0) is 12.5 Å². The number of nitrogens with zero attached hydrogens (tertiary/aromatic N) is 1. The predicted molar refractivity (Wildman–Crippen MR) is 84.1 cm³/mol. The van der Waals surface area contributed by atoms with E-state index < -0.39 is 10.0 Å². The Morgan fingerprint density at radius 1 is 1.32 bits per heavy atom. The van der Waals surface area contributed by atoms with Crippen LogP contribution < -0.4 is 5.32 Å². The number of nitrogens with one attached hydrogen (secondary N) is 1. The fourth-order valence-electron chi connectivity index (χ4n) is 2.34. The molecule has 0 aliphatic carbocycles. The second kappa shape index (κ2) is 7.71. The van der Waals surface area contributed by atoms with Crippen LogP contribution >= 0.6 is 0 Å². The van der Waals surface area contributed by atoms with E-state index in [2.05, 4.69) is 5.32 Å². The van der Waals surface area contributed by atoms with Gasteiger partial charge in [0, 0.05) is 19.6 Å². The van der Waals surface area contributed by atoms with Crippen molar-refractivity contribution in [2.75, 3.05) is 38.6 Å². The first-order valence-electron chi connectivity index (χ1n) is 7.35. The monoisotopic (exact) mass is 326 g/mol. The lowest BCUT2D eigenvalue weighted by Gasteiger charge is -2.26. The summed E-state index contributed by atoms with van der Waals surface area (Å²) in [5.41, 5.74) is 2.02. The smallest absolute Gasteiger partial charge is 0.224 e. The van der Waals surface area contributed by atoms with E-state index in [0.717, 1.165) is 11.1 Å². The van der Waals surface area contributed by atoms with Crippen LogP contribution in [0, 0.1) is 6.92 Å². The van der Waals surface area contributed by atoms with Gasteiger partial charge < -0.3 is 10.1 Å². The number of rotatable bonds is 6. The SMILES string of the molecule is Cc1cccc(CC(=O)NCCS(=O)(=O)N2CCOCC2)c1. The zero-order valence-corrected chi connectivity index (χ0v) is 13.6. The Kier molecular flexibility index (Phi) is 5.93. The zero-order valence-electron chi connectivity index (χ0n) is 12.7. The van der Waals surface area contributed by atoms with Crippen molar-refractivity contribution in [1.82, 2.24) is 9.62 Å². The zero-order chi connectivity index (χ0) is 16.0. The fraction of sp³-hybridized carbons (Fsp3) is 0.533. The quantitative estimate of drug-likeness (QED) is 0.817. The van der Waals surface area contributed by atoms with Gasteiger partial charge in [0.25, 0.3) is 0 Å². The number of carbonyl (C=O) groups excluding carboxylic acids is 1. The van der Waals surface area contributed by atoms with Crippen molar-refractivity contribution >= 4 is 15.9 Å². The molecule has 1 N–H and O–H groups in total. The lowest BCUT2D eigenvalue weighted by atomic mass is 10.1. The van der Waals surface area contributed by atoms with Crippen molar-refractivity contribution < 1.29 is 17.9 Å². The van der Waals surface area contributed by atoms with Gasteiger partial charge in [0.1, 0.15) is 0 Å². The number of hydrogen-bond acceptors (Lipinski definition) is 4. The molecule has 0 radical (unpaired) electrons. The first-order chi connectivity index (χ1) is 10.5. The number of amides is 1. The summed E-state index contributed by atoms with van der Waals surface area (Å²) in [6.07, 6.45) is 0.263. The van der Waals surface area contributed by atoms with E-state index in [1.807, 2.05) is 31.2 Å². The Hall–Kier alpha value is -1.44. The minimum Gasteiger partial charge on any atom is -0.379 e. The molecule has 0 aromatic heterocycles. The molecule has 1 aromatic carbocycles. The molecule has 0 spiro atoms. The van der Waals surface area contributed by atoms with E-state index in [9.17, 15) is 13.2 Å². The molecule has 0 saturated carbocycles. The number of morpholine rings is 1. The van der Waals surface area contributed by atoms with Gasteiger partial charge in [0.15, 0.2) is 0 Å². The molecule has 2 rings (SSSR count). The molecule has 1 saturated heterocycles. The highest BCUT2D eigenvalue weighted by Gasteiger charge is 2.23. The van der Waals surface area contributed by atoms with Crippen molar-refractivity contribution in [1.29, 1.82) is 0 Å². The molecule has 0 bridgehead atoms. The van der Waals surface area contributed by atoms with E-state index in [1.165, 1.54) is 4.31 Å². The summed E-state index contributed by atoms with van der Waals surface area (Å²) < 4.78 is 30.7. The Balaban J connectivity index is 1.76. The van der Waals surface area contributed by atoms with Crippen LogP contribution in [0.5, 0.6) is 0 Å². The van der Waals surface area contributed by atoms with Crippen molar-refractivity contribution in [3.63, 3.8) is 0 Å². The third kappa shape index (κ3) is 5.08. The third-order valence-electron chi connectivity index (χ3n) is 3.49. The number of carbonyl (C=O) groups is 1. The van der Waals surface area contributed by atoms with Gasteiger partial charge in [-0.1, -0.05) is 29.8 Å². The van der Waals surface area contributed by atoms with Gasteiger partial charge >= 0.3 is 0 Å². The molecule has 0 unspecified atom stereocenters. The molecule has 7 heteroatoms. The maximum Gasteiger partial charge on any atom is 0.224 e. The fourth-order valence-corrected chi connectivity index (χ4v) is 3.67. The first kappa shape index (κ1) is 16.9. The second-order valence-electron chi connectivity index (χ2n) is 5.34. The summed E-state index contributed by atoms with van der Waals surface area (Å²) in [5.74, 6) is -0.241. The second-order valence-corrected chi connectivity index (χ2v) is 7.43. The number of benzene rings is 1. The van der Waals surface area contributed by atoms with E-state index in [1.54, 1.807) is 0 Å². The van der Waals surface area contributed by atoms with Crippen molar-refractivity contribution in [3.8, 4) is 0 Å². The number of ether oxygens (including phenoxy) is 1. The van der Waals surface area contributed by atoms with Gasteiger partial charge in [0.05, 0.1) is 25.4 Å². The first-order valence-corrected chi connectivity index (χ1v) is 8.96. The number of aryl methyl sites for hydroxylation is 1. The summed E-state index contributed by atoms with van der Waals surface area (Å²) in [4.78, 5) is 11.8. The van der Waals surface area contributed by atoms with Crippen molar-refractivity contribution in [2.24, 2.45) is 0 Å². The van der Waals surface area contributed by atoms with Crippen molar-refractivity contribution in [2.45, 2.75) is 13.3 Å². The molecule has 1 aliphatic heterocycles. The average molecular weight is 326 g/mol. The van der Waals surface area contributed by atoms with Gasteiger partial charge in [0.2, 0.25) is 15.9 Å². The van der Waals surface area contributed by atoms with E-state index in [0.29, 0.717) is 26.3 Å². The summed E-state index contributed by atoms with van der Waals surface area (Å²) in [5, 5.41) is 2.67. The van der Waals surface area contributed by atoms with Crippen molar-refractivity contribution in [3.05, 3.63) is 35.4 Å².